The number of hydrogen-bond acceptors (Lipinski definition) is 4. The van der Waals surface area contributed by atoms with Gasteiger partial charge in [-0.25, -0.2) is 5.90 Å². The van der Waals surface area contributed by atoms with Gasteiger partial charge in [0.2, 0.25) is 17.2 Å². The van der Waals surface area contributed by atoms with E-state index < -0.39 is 17.2 Å². The van der Waals surface area contributed by atoms with Crippen LogP contribution in [0.4, 0.5) is 0 Å². The van der Waals surface area contributed by atoms with Crippen LogP contribution < -0.4 is 5.90 Å². The van der Waals surface area contributed by atoms with E-state index in [1.807, 2.05) is 0 Å². The summed E-state index contributed by atoms with van der Waals surface area (Å²) in [6, 6.07) is 16.9. The van der Waals surface area contributed by atoms with Crippen molar-refractivity contribution in [1.29, 1.82) is 0 Å². The average molecular weight is 269 g/mol. The summed E-state index contributed by atoms with van der Waals surface area (Å²) >= 11 is 0. The van der Waals surface area contributed by atoms with Gasteiger partial charge >= 0.3 is 0 Å². The van der Waals surface area contributed by atoms with Gasteiger partial charge in [0, 0.05) is 11.1 Å². The first-order valence-corrected chi connectivity index (χ1v) is 6.17. The van der Waals surface area contributed by atoms with Gasteiger partial charge in [-0.1, -0.05) is 60.7 Å². The molecule has 0 bridgehead atoms. The van der Waals surface area contributed by atoms with Crippen molar-refractivity contribution in [2.75, 3.05) is 0 Å². The van der Waals surface area contributed by atoms with E-state index >= 15 is 0 Å². The Balaban J connectivity index is 2.39. The molecule has 2 N–H and O–H groups in total. The molecule has 0 aliphatic carbocycles. The molecule has 4 nitrogen and oxygen atoms in total. The Bertz CT molecular complexity index is 557. The van der Waals surface area contributed by atoms with E-state index in [4.69, 9.17) is 10.7 Å². The molecule has 0 radical (unpaired) electrons. The van der Waals surface area contributed by atoms with Gasteiger partial charge in [0.25, 0.3) is 0 Å². The normalized spacial score (nSPS) is 11.1. The zero-order valence-corrected chi connectivity index (χ0v) is 11.1. The molecule has 0 aromatic heterocycles. The number of carbonyl (C=O) groups is 2. The van der Waals surface area contributed by atoms with Crippen LogP contribution in [0.5, 0.6) is 0 Å². The van der Waals surface area contributed by atoms with E-state index in [0.717, 1.165) is 0 Å². The highest BCUT2D eigenvalue weighted by Crippen LogP contribution is 2.21. The highest BCUT2D eigenvalue weighted by atomic mass is 16.6. The smallest absolute Gasteiger partial charge is 0.211 e. The summed E-state index contributed by atoms with van der Waals surface area (Å²) in [5.41, 5.74) is -0.975. The van der Waals surface area contributed by atoms with Crippen molar-refractivity contribution >= 4 is 11.6 Å². The molecule has 2 aromatic rings. The van der Waals surface area contributed by atoms with E-state index in [1.165, 1.54) is 6.92 Å². The summed E-state index contributed by atoms with van der Waals surface area (Å²) in [5.74, 6) is 4.31. The summed E-state index contributed by atoms with van der Waals surface area (Å²) < 4.78 is 0. The van der Waals surface area contributed by atoms with Crippen molar-refractivity contribution < 1.29 is 14.4 Å². The zero-order valence-electron chi connectivity index (χ0n) is 11.1. The van der Waals surface area contributed by atoms with Crippen molar-refractivity contribution in [2.24, 2.45) is 5.90 Å². The van der Waals surface area contributed by atoms with Crippen LogP contribution in [0.15, 0.2) is 60.7 Å². The van der Waals surface area contributed by atoms with Gasteiger partial charge in [-0.2, -0.15) is 0 Å². The number of benzene rings is 2. The minimum Gasteiger partial charge on any atom is -0.290 e. The molecule has 102 valence electrons. The third kappa shape index (κ3) is 2.52. The van der Waals surface area contributed by atoms with Gasteiger partial charge in [0.1, 0.15) is 0 Å². The SMILES string of the molecule is CC(ON)(C(=O)c1ccccc1)C(=O)c1ccccc1. The fourth-order valence-electron chi connectivity index (χ4n) is 1.94. The maximum absolute atomic E-state index is 12.5. The van der Waals surface area contributed by atoms with E-state index in [9.17, 15) is 9.59 Å². The molecule has 0 unspecified atom stereocenters. The number of hydrogen-bond donors (Lipinski definition) is 1. The van der Waals surface area contributed by atoms with Gasteiger partial charge in [-0.05, 0) is 6.92 Å². The van der Waals surface area contributed by atoms with Crippen LogP contribution in [0, 0.1) is 0 Å². The van der Waals surface area contributed by atoms with E-state index in [2.05, 4.69) is 0 Å². The van der Waals surface area contributed by atoms with Gasteiger partial charge in [-0.15, -0.1) is 0 Å². The largest absolute Gasteiger partial charge is 0.290 e. The molecule has 0 atom stereocenters. The summed E-state index contributed by atoms with van der Waals surface area (Å²) in [6.45, 7) is 1.39. The summed E-state index contributed by atoms with van der Waals surface area (Å²) in [6.07, 6.45) is 0. The van der Waals surface area contributed by atoms with E-state index in [-0.39, 0.29) is 0 Å². The van der Waals surface area contributed by atoms with Crippen LogP contribution in [0.2, 0.25) is 0 Å². The predicted octanol–water partition coefficient (Wildman–Crippen LogP) is 2.40. The van der Waals surface area contributed by atoms with Crippen molar-refractivity contribution in [2.45, 2.75) is 12.5 Å². The molecule has 0 amide bonds. The lowest BCUT2D eigenvalue weighted by atomic mass is 9.87. The maximum atomic E-state index is 12.5. The second kappa shape index (κ2) is 5.77. The fourth-order valence-corrected chi connectivity index (χ4v) is 1.94. The third-order valence-electron chi connectivity index (χ3n) is 3.17. The molecule has 0 aliphatic heterocycles. The van der Waals surface area contributed by atoms with Crippen LogP contribution >= 0.6 is 0 Å². The lowest BCUT2D eigenvalue weighted by Crippen LogP contribution is -2.48. The molecule has 2 aromatic carbocycles. The topological polar surface area (TPSA) is 69.4 Å². The van der Waals surface area contributed by atoms with Crippen LogP contribution in [0.3, 0.4) is 0 Å². The lowest BCUT2D eigenvalue weighted by molar-refractivity contribution is -0.00569. The van der Waals surface area contributed by atoms with Crippen molar-refractivity contribution in [3.05, 3.63) is 71.8 Å². The van der Waals surface area contributed by atoms with Gasteiger partial charge in [-0.3, -0.25) is 14.4 Å². The molecule has 0 aliphatic rings. The van der Waals surface area contributed by atoms with Gasteiger partial charge in [0.15, 0.2) is 0 Å². The van der Waals surface area contributed by atoms with E-state index in [1.54, 1.807) is 60.7 Å². The van der Waals surface area contributed by atoms with Crippen LogP contribution in [-0.2, 0) is 4.84 Å². The molecule has 4 heteroatoms. The Labute approximate surface area is 117 Å². The first-order chi connectivity index (χ1) is 9.59. The number of rotatable bonds is 5. The third-order valence-corrected chi connectivity index (χ3v) is 3.17. The minimum atomic E-state index is -1.73. The molecular formula is C16H15NO3. The monoisotopic (exact) mass is 269 g/mol. The number of ketones is 2. The van der Waals surface area contributed by atoms with E-state index in [0.29, 0.717) is 11.1 Å². The van der Waals surface area contributed by atoms with Gasteiger partial charge in [0.05, 0.1) is 0 Å². The highest BCUT2D eigenvalue weighted by Gasteiger charge is 2.43. The lowest BCUT2D eigenvalue weighted by Gasteiger charge is -2.24. The number of Topliss-reactive ketones (excluding diaryl/α,β-unsaturated/α-hetero) is 2. The van der Waals surface area contributed by atoms with Crippen molar-refractivity contribution in [3.63, 3.8) is 0 Å². The Kier molecular flexibility index (Phi) is 4.08. The minimum absolute atomic E-state index is 0.379. The van der Waals surface area contributed by atoms with Crippen molar-refractivity contribution in [3.8, 4) is 0 Å². The Morgan fingerprint density at radius 3 is 1.50 bits per heavy atom. The van der Waals surface area contributed by atoms with Crippen LogP contribution in [0.1, 0.15) is 27.6 Å². The average Bonchev–Trinajstić information content (AvgIpc) is 2.54. The molecule has 0 saturated heterocycles. The molecule has 0 spiro atoms. The predicted molar refractivity (Wildman–Crippen MR) is 75.2 cm³/mol. The molecule has 0 heterocycles. The number of carbonyl (C=O) groups excluding carboxylic acids is 2. The van der Waals surface area contributed by atoms with Crippen LogP contribution in [0.25, 0.3) is 0 Å². The van der Waals surface area contributed by atoms with Crippen LogP contribution in [-0.4, -0.2) is 17.2 Å². The second-order valence-electron chi connectivity index (χ2n) is 4.54. The second-order valence-corrected chi connectivity index (χ2v) is 4.54. The molecule has 2 rings (SSSR count). The maximum Gasteiger partial charge on any atom is 0.211 e. The number of nitrogens with two attached hydrogens (primary N) is 1. The summed E-state index contributed by atoms with van der Waals surface area (Å²) in [4.78, 5) is 29.7. The standard InChI is InChI=1S/C16H15NO3/c1-16(20-17,14(18)12-8-4-2-5-9-12)15(19)13-10-6-3-7-11-13/h2-11H,17H2,1H3. The Morgan fingerprint density at radius 1 is 0.850 bits per heavy atom. The van der Waals surface area contributed by atoms with Gasteiger partial charge < -0.3 is 0 Å². The highest BCUT2D eigenvalue weighted by molar-refractivity contribution is 6.22. The molecular weight excluding hydrogens is 254 g/mol. The molecule has 0 fully saturated rings. The Hall–Kier alpha value is -2.30. The molecule has 20 heavy (non-hydrogen) atoms. The summed E-state index contributed by atoms with van der Waals surface area (Å²) in [7, 11) is 0. The fraction of sp³-hybridized carbons (Fsp3) is 0.125. The molecule has 0 saturated carbocycles. The first-order valence-electron chi connectivity index (χ1n) is 6.17. The summed E-state index contributed by atoms with van der Waals surface area (Å²) in [5, 5.41) is 0. The Morgan fingerprint density at radius 2 is 1.20 bits per heavy atom. The first kappa shape index (κ1) is 14.1. The quantitative estimate of drug-likeness (QED) is 0.514. The zero-order chi connectivity index (χ0) is 14.6. The van der Waals surface area contributed by atoms with Crippen molar-refractivity contribution in [1.82, 2.24) is 0 Å².